The van der Waals surface area contributed by atoms with Crippen molar-refractivity contribution in [1.29, 1.82) is 0 Å². The van der Waals surface area contributed by atoms with E-state index in [9.17, 15) is 10.1 Å². The third-order valence-electron chi connectivity index (χ3n) is 3.09. The molecule has 1 aliphatic rings. The van der Waals surface area contributed by atoms with E-state index in [-0.39, 0.29) is 10.7 Å². The molecule has 0 aliphatic carbocycles. The Morgan fingerprint density at radius 3 is 2.90 bits per heavy atom. The minimum absolute atomic E-state index is 0.288. The maximum atomic E-state index is 10.7. The molecule has 0 amide bonds. The highest BCUT2D eigenvalue weighted by molar-refractivity contribution is 9.09. The van der Waals surface area contributed by atoms with Crippen molar-refractivity contribution in [2.24, 2.45) is 0 Å². The number of benzene rings is 1. The molecule has 1 unspecified atom stereocenters. The molecule has 0 radical (unpaired) electrons. The summed E-state index contributed by atoms with van der Waals surface area (Å²) in [7, 11) is 0. The fourth-order valence-corrected chi connectivity index (χ4v) is 3.05. The summed E-state index contributed by atoms with van der Waals surface area (Å²) in [4.78, 5) is 9.75. The number of hydrogen-bond acceptors (Lipinski definition) is 4. The van der Waals surface area contributed by atoms with Crippen molar-refractivity contribution in [2.75, 3.05) is 6.61 Å². The molecular weight excluding hydrogens is 350 g/mol. The van der Waals surface area contributed by atoms with E-state index in [4.69, 9.17) is 20.8 Å². The first-order chi connectivity index (χ1) is 9.56. The van der Waals surface area contributed by atoms with Gasteiger partial charge in [-0.3, -0.25) is 10.1 Å². The van der Waals surface area contributed by atoms with Crippen molar-refractivity contribution >= 4 is 33.4 Å². The first kappa shape index (κ1) is 13.5. The summed E-state index contributed by atoms with van der Waals surface area (Å²) in [5, 5.41) is 11.3. The smallest absolute Gasteiger partial charge is 0.433 e. The second-order valence-corrected chi connectivity index (χ2v) is 5.73. The van der Waals surface area contributed by atoms with Crippen LogP contribution < -0.4 is 4.74 Å². The summed E-state index contributed by atoms with van der Waals surface area (Å²) in [5.74, 6) is 0.927. The Bertz CT molecular complexity index is 685. The monoisotopic (exact) mass is 357 g/mol. The van der Waals surface area contributed by atoms with Gasteiger partial charge in [-0.1, -0.05) is 27.5 Å². The van der Waals surface area contributed by atoms with Crippen molar-refractivity contribution in [2.45, 2.75) is 11.2 Å². The van der Waals surface area contributed by atoms with E-state index >= 15 is 0 Å². The molecule has 1 aromatic carbocycles. The zero-order valence-corrected chi connectivity index (χ0v) is 12.5. The second-order valence-electron chi connectivity index (χ2n) is 4.38. The molecule has 1 aromatic heterocycles. The van der Waals surface area contributed by atoms with Gasteiger partial charge in [-0.15, -0.1) is 0 Å². The third-order valence-corrected chi connectivity index (χ3v) is 4.26. The lowest BCUT2D eigenvalue weighted by molar-refractivity contribution is -0.402. The van der Waals surface area contributed by atoms with Crippen LogP contribution in [0.3, 0.4) is 0 Å². The average molecular weight is 359 g/mol. The van der Waals surface area contributed by atoms with E-state index in [0.717, 1.165) is 23.3 Å². The largest absolute Gasteiger partial charge is 0.493 e. The molecule has 1 atom stereocenters. The van der Waals surface area contributed by atoms with Crippen LogP contribution >= 0.6 is 27.5 Å². The molecule has 104 valence electrons. The van der Waals surface area contributed by atoms with Gasteiger partial charge in [0.1, 0.15) is 21.3 Å². The number of halogens is 2. The lowest BCUT2D eigenvalue weighted by atomic mass is 10.0. The molecule has 0 bridgehead atoms. The highest BCUT2D eigenvalue weighted by Gasteiger charge is 2.26. The highest BCUT2D eigenvalue weighted by Crippen LogP contribution is 2.43. The summed E-state index contributed by atoms with van der Waals surface area (Å²) in [6, 6.07) is 6.55. The second kappa shape index (κ2) is 5.10. The van der Waals surface area contributed by atoms with Crippen LogP contribution in [-0.2, 0) is 6.42 Å². The molecule has 0 N–H and O–H groups in total. The van der Waals surface area contributed by atoms with Gasteiger partial charge < -0.3 is 9.15 Å². The molecule has 0 saturated heterocycles. The average Bonchev–Trinajstić information content (AvgIpc) is 3.05. The van der Waals surface area contributed by atoms with E-state index in [1.165, 1.54) is 6.07 Å². The lowest BCUT2D eigenvalue weighted by Gasteiger charge is -2.12. The van der Waals surface area contributed by atoms with Gasteiger partial charge in [-0.2, -0.15) is 0 Å². The van der Waals surface area contributed by atoms with Crippen molar-refractivity contribution in [3.8, 4) is 5.75 Å². The Hall–Kier alpha value is -1.53. The SMILES string of the molecule is O=[N+]([O-])c1ccc(C(Br)c2cc(Cl)cc3c2OCC3)o1. The van der Waals surface area contributed by atoms with E-state index < -0.39 is 4.92 Å². The van der Waals surface area contributed by atoms with Gasteiger partial charge in [-0.25, -0.2) is 0 Å². The van der Waals surface area contributed by atoms with Gasteiger partial charge in [-0.05, 0) is 23.8 Å². The van der Waals surface area contributed by atoms with Crippen LogP contribution in [0.1, 0.15) is 21.7 Å². The van der Waals surface area contributed by atoms with Crippen LogP contribution in [-0.4, -0.2) is 11.5 Å². The number of nitrogens with zero attached hydrogens (tertiary/aromatic N) is 1. The molecule has 3 rings (SSSR count). The summed E-state index contributed by atoms with van der Waals surface area (Å²) < 4.78 is 10.8. The Morgan fingerprint density at radius 1 is 1.40 bits per heavy atom. The van der Waals surface area contributed by atoms with Gasteiger partial charge in [0.05, 0.1) is 12.7 Å². The Balaban J connectivity index is 2.02. The summed E-state index contributed by atoms with van der Waals surface area (Å²) >= 11 is 9.59. The number of hydrogen-bond donors (Lipinski definition) is 0. The van der Waals surface area contributed by atoms with Crippen LogP contribution in [0.5, 0.6) is 5.75 Å². The van der Waals surface area contributed by atoms with Gasteiger partial charge in [0.15, 0.2) is 0 Å². The lowest BCUT2D eigenvalue weighted by Crippen LogP contribution is -1.96. The molecule has 0 spiro atoms. The third kappa shape index (κ3) is 2.29. The van der Waals surface area contributed by atoms with Crippen LogP contribution in [0.15, 0.2) is 28.7 Å². The number of ether oxygens (including phenoxy) is 1. The summed E-state index contributed by atoms with van der Waals surface area (Å²) in [5.41, 5.74) is 1.85. The maximum Gasteiger partial charge on any atom is 0.433 e. The Morgan fingerprint density at radius 2 is 2.20 bits per heavy atom. The van der Waals surface area contributed by atoms with E-state index in [2.05, 4.69) is 15.9 Å². The minimum atomic E-state index is -0.567. The fourth-order valence-electron chi connectivity index (χ4n) is 2.22. The molecule has 7 heteroatoms. The first-order valence-corrected chi connectivity index (χ1v) is 7.19. The van der Waals surface area contributed by atoms with Crippen molar-refractivity contribution in [3.63, 3.8) is 0 Å². The maximum absolute atomic E-state index is 10.7. The van der Waals surface area contributed by atoms with Crippen molar-refractivity contribution in [1.82, 2.24) is 0 Å². The molecular formula is C13H9BrClNO4. The number of rotatable bonds is 3. The first-order valence-electron chi connectivity index (χ1n) is 5.89. The van der Waals surface area contributed by atoms with Gasteiger partial charge in [0.25, 0.3) is 0 Å². The number of furan rings is 1. The zero-order chi connectivity index (χ0) is 14.3. The van der Waals surface area contributed by atoms with E-state index in [1.807, 2.05) is 6.07 Å². The molecule has 2 aromatic rings. The van der Waals surface area contributed by atoms with Gasteiger partial charge in [0, 0.05) is 17.0 Å². The number of nitro groups is 1. The Kier molecular flexibility index (Phi) is 3.43. The summed E-state index contributed by atoms with van der Waals surface area (Å²) in [6.45, 7) is 0.612. The van der Waals surface area contributed by atoms with Crippen molar-refractivity contribution < 1.29 is 14.1 Å². The molecule has 1 aliphatic heterocycles. The van der Waals surface area contributed by atoms with Crippen LogP contribution in [0.4, 0.5) is 5.88 Å². The van der Waals surface area contributed by atoms with E-state index in [0.29, 0.717) is 17.4 Å². The van der Waals surface area contributed by atoms with Crippen LogP contribution in [0, 0.1) is 10.1 Å². The molecule has 20 heavy (non-hydrogen) atoms. The normalized spacial score (nSPS) is 14.7. The molecule has 0 fully saturated rings. The minimum Gasteiger partial charge on any atom is -0.493 e. The Labute approximate surface area is 127 Å². The van der Waals surface area contributed by atoms with Gasteiger partial charge >= 0.3 is 5.88 Å². The van der Waals surface area contributed by atoms with Crippen LogP contribution in [0.2, 0.25) is 5.02 Å². The van der Waals surface area contributed by atoms with Crippen LogP contribution in [0.25, 0.3) is 0 Å². The number of fused-ring (bicyclic) bond motifs is 1. The molecule has 5 nitrogen and oxygen atoms in total. The predicted octanol–water partition coefficient (Wildman–Crippen LogP) is 4.26. The molecule has 2 heterocycles. The number of alkyl halides is 1. The van der Waals surface area contributed by atoms with Crippen molar-refractivity contribution in [3.05, 3.63) is 56.3 Å². The standard InChI is InChI=1S/C13H9BrClNO4/c14-12(10-1-2-11(20-10)16(17)18)9-6-8(15)5-7-3-4-19-13(7)9/h1-2,5-6,12H,3-4H2. The van der Waals surface area contributed by atoms with Gasteiger partial charge in [0.2, 0.25) is 0 Å². The van der Waals surface area contributed by atoms with E-state index in [1.54, 1.807) is 12.1 Å². The topological polar surface area (TPSA) is 65.5 Å². The predicted molar refractivity (Wildman–Crippen MR) is 76.8 cm³/mol. The fraction of sp³-hybridized carbons (Fsp3) is 0.231. The molecule has 0 saturated carbocycles. The quantitative estimate of drug-likeness (QED) is 0.467. The highest BCUT2D eigenvalue weighted by atomic mass is 79.9. The summed E-state index contributed by atoms with van der Waals surface area (Å²) in [6.07, 6.45) is 0.806. The zero-order valence-electron chi connectivity index (χ0n) is 10.1.